The van der Waals surface area contributed by atoms with Crippen molar-refractivity contribution in [3.8, 4) is 5.75 Å². The van der Waals surface area contributed by atoms with E-state index in [4.69, 9.17) is 13.9 Å². The lowest BCUT2D eigenvalue weighted by Gasteiger charge is -2.28. The van der Waals surface area contributed by atoms with Gasteiger partial charge in [-0.15, -0.1) is 0 Å². The Morgan fingerprint density at radius 1 is 1.20 bits per heavy atom. The van der Waals surface area contributed by atoms with Gasteiger partial charge in [0.25, 0.3) is 5.91 Å². The molecule has 2 heterocycles. The van der Waals surface area contributed by atoms with Crippen LogP contribution in [0.15, 0.2) is 47.1 Å². The SMILES string of the molecule is CCCN(CC(=O)N(Cc1ccco1)C[C@@H]1CCCO1)C(=O)c1cccc(OC)c1. The van der Waals surface area contributed by atoms with Gasteiger partial charge < -0.3 is 23.7 Å². The molecule has 0 radical (unpaired) electrons. The van der Waals surface area contributed by atoms with Crippen LogP contribution in [0.1, 0.15) is 42.3 Å². The van der Waals surface area contributed by atoms with Gasteiger partial charge in [0.15, 0.2) is 0 Å². The van der Waals surface area contributed by atoms with E-state index < -0.39 is 0 Å². The Morgan fingerprint density at radius 2 is 2.07 bits per heavy atom. The third-order valence-corrected chi connectivity index (χ3v) is 5.15. The van der Waals surface area contributed by atoms with Gasteiger partial charge in [0.1, 0.15) is 18.1 Å². The highest BCUT2D eigenvalue weighted by atomic mass is 16.5. The first kappa shape index (κ1) is 21.9. The van der Waals surface area contributed by atoms with E-state index in [9.17, 15) is 9.59 Å². The van der Waals surface area contributed by atoms with Crippen LogP contribution in [0.5, 0.6) is 5.75 Å². The van der Waals surface area contributed by atoms with Gasteiger partial charge in [-0.2, -0.15) is 0 Å². The summed E-state index contributed by atoms with van der Waals surface area (Å²) >= 11 is 0. The Labute approximate surface area is 177 Å². The van der Waals surface area contributed by atoms with Crippen LogP contribution in [0.4, 0.5) is 0 Å². The number of amides is 2. The van der Waals surface area contributed by atoms with Gasteiger partial charge in [-0.05, 0) is 49.6 Å². The van der Waals surface area contributed by atoms with E-state index in [2.05, 4.69) is 0 Å². The van der Waals surface area contributed by atoms with Crippen LogP contribution in [-0.2, 0) is 16.1 Å². The zero-order valence-corrected chi connectivity index (χ0v) is 17.7. The average Bonchev–Trinajstić information content (AvgIpc) is 3.47. The zero-order valence-electron chi connectivity index (χ0n) is 17.7. The van der Waals surface area contributed by atoms with Crippen LogP contribution < -0.4 is 4.74 Å². The monoisotopic (exact) mass is 414 g/mol. The van der Waals surface area contributed by atoms with Crippen molar-refractivity contribution >= 4 is 11.8 Å². The lowest BCUT2D eigenvalue weighted by molar-refractivity contribution is -0.134. The smallest absolute Gasteiger partial charge is 0.254 e. The Bertz CT molecular complexity index is 815. The molecule has 3 rings (SSSR count). The van der Waals surface area contributed by atoms with Crippen molar-refractivity contribution in [1.29, 1.82) is 0 Å². The van der Waals surface area contributed by atoms with Gasteiger partial charge in [0.2, 0.25) is 5.91 Å². The summed E-state index contributed by atoms with van der Waals surface area (Å²) in [4.78, 5) is 29.6. The van der Waals surface area contributed by atoms with E-state index in [1.165, 1.54) is 0 Å². The summed E-state index contributed by atoms with van der Waals surface area (Å²) < 4.78 is 16.4. The largest absolute Gasteiger partial charge is 0.497 e. The van der Waals surface area contributed by atoms with E-state index in [0.717, 1.165) is 25.9 Å². The molecule has 1 atom stereocenters. The number of methoxy groups -OCH3 is 1. The summed E-state index contributed by atoms with van der Waals surface area (Å²) in [6.07, 6.45) is 4.32. The summed E-state index contributed by atoms with van der Waals surface area (Å²) in [5.74, 6) is 1.02. The third-order valence-electron chi connectivity index (χ3n) is 5.15. The van der Waals surface area contributed by atoms with Gasteiger partial charge >= 0.3 is 0 Å². The fraction of sp³-hybridized carbons (Fsp3) is 0.478. The zero-order chi connectivity index (χ0) is 21.3. The van der Waals surface area contributed by atoms with E-state index in [1.807, 2.05) is 13.0 Å². The van der Waals surface area contributed by atoms with Gasteiger partial charge in [-0.25, -0.2) is 0 Å². The summed E-state index contributed by atoms with van der Waals surface area (Å²) in [6.45, 7) is 4.08. The van der Waals surface area contributed by atoms with Crippen molar-refractivity contribution in [2.75, 3.05) is 33.4 Å². The standard InChI is InChI=1S/C23H30N2O5/c1-3-11-24(23(27)18-7-4-8-19(14-18)28-2)17-22(26)25(15-20-9-5-12-29-20)16-21-10-6-13-30-21/h4-5,7-9,12,14,21H,3,6,10-11,13,15-17H2,1-2H3/t21-/m0/s1. The minimum absolute atomic E-state index is 0.0112. The van der Waals surface area contributed by atoms with E-state index in [-0.39, 0.29) is 24.5 Å². The summed E-state index contributed by atoms with van der Waals surface area (Å²) in [5.41, 5.74) is 0.507. The van der Waals surface area contributed by atoms with Gasteiger partial charge in [0.05, 0.1) is 26.0 Å². The topological polar surface area (TPSA) is 72.2 Å². The second-order valence-electron chi connectivity index (χ2n) is 7.45. The number of carbonyl (C=O) groups is 2. The molecule has 7 nitrogen and oxygen atoms in total. The molecule has 7 heteroatoms. The highest BCUT2D eigenvalue weighted by Gasteiger charge is 2.26. The molecule has 2 aromatic rings. The lowest BCUT2D eigenvalue weighted by Crippen LogP contribution is -2.45. The second kappa shape index (κ2) is 10.8. The van der Waals surface area contributed by atoms with Gasteiger partial charge in [-0.3, -0.25) is 9.59 Å². The molecule has 30 heavy (non-hydrogen) atoms. The van der Waals surface area contributed by atoms with Gasteiger partial charge in [0, 0.05) is 25.3 Å². The van der Waals surface area contributed by atoms with E-state index in [1.54, 1.807) is 53.5 Å². The minimum Gasteiger partial charge on any atom is -0.497 e. The van der Waals surface area contributed by atoms with Crippen molar-refractivity contribution in [3.05, 3.63) is 54.0 Å². The van der Waals surface area contributed by atoms with E-state index >= 15 is 0 Å². The quantitative estimate of drug-likeness (QED) is 0.596. The maximum absolute atomic E-state index is 13.2. The molecule has 162 valence electrons. The van der Waals surface area contributed by atoms with Crippen LogP contribution in [0.2, 0.25) is 0 Å². The summed E-state index contributed by atoms with van der Waals surface area (Å²) in [7, 11) is 1.56. The number of hydrogen-bond acceptors (Lipinski definition) is 5. The van der Waals surface area contributed by atoms with Crippen molar-refractivity contribution in [3.63, 3.8) is 0 Å². The molecule has 0 unspecified atom stereocenters. The molecule has 1 aromatic heterocycles. The van der Waals surface area contributed by atoms with Gasteiger partial charge in [-0.1, -0.05) is 13.0 Å². The maximum atomic E-state index is 13.2. The predicted octanol–water partition coefficient (Wildman–Crippen LogP) is 3.35. The van der Waals surface area contributed by atoms with Crippen LogP contribution in [0, 0.1) is 0 Å². The molecule has 1 aliphatic rings. The van der Waals surface area contributed by atoms with Crippen LogP contribution in [-0.4, -0.2) is 61.1 Å². The lowest BCUT2D eigenvalue weighted by atomic mass is 10.1. The fourth-order valence-corrected chi connectivity index (χ4v) is 3.60. The Hall–Kier alpha value is -2.80. The molecule has 0 N–H and O–H groups in total. The molecule has 1 aromatic carbocycles. The first-order valence-corrected chi connectivity index (χ1v) is 10.5. The van der Waals surface area contributed by atoms with Crippen molar-refractivity contribution in [2.24, 2.45) is 0 Å². The Balaban J connectivity index is 1.72. The first-order valence-electron chi connectivity index (χ1n) is 10.5. The molecule has 1 fully saturated rings. The number of ether oxygens (including phenoxy) is 2. The van der Waals surface area contributed by atoms with Crippen molar-refractivity contribution in [1.82, 2.24) is 9.80 Å². The molecule has 0 spiro atoms. The first-order chi connectivity index (χ1) is 14.6. The number of benzene rings is 1. The van der Waals surface area contributed by atoms with E-state index in [0.29, 0.717) is 36.7 Å². The highest BCUT2D eigenvalue weighted by Crippen LogP contribution is 2.18. The molecule has 1 saturated heterocycles. The Morgan fingerprint density at radius 3 is 2.73 bits per heavy atom. The normalized spacial score (nSPS) is 15.7. The molecule has 0 saturated carbocycles. The van der Waals surface area contributed by atoms with Crippen LogP contribution in [0.25, 0.3) is 0 Å². The molecule has 2 amide bonds. The van der Waals surface area contributed by atoms with Crippen molar-refractivity contribution in [2.45, 2.75) is 38.8 Å². The van der Waals surface area contributed by atoms with Crippen molar-refractivity contribution < 1.29 is 23.5 Å². The third kappa shape index (κ3) is 5.86. The summed E-state index contributed by atoms with van der Waals surface area (Å²) in [5, 5.41) is 0. The average molecular weight is 415 g/mol. The molecule has 0 aliphatic carbocycles. The Kier molecular flexibility index (Phi) is 7.90. The summed E-state index contributed by atoms with van der Waals surface area (Å²) in [6, 6.07) is 10.7. The molecule has 1 aliphatic heterocycles. The number of nitrogens with zero attached hydrogens (tertiary/aromatic N) is 2. The number of rotatable bonds is 10. The predicted molar refractivity (Wildman–Crippen MR) is 112 cm³/mol. The number of furan rings is 1. The molecule has 0 bridgehead atoms. The second-order valence-corrected chi connectivity index (χ2v) is 7.45. The minimum atomic E-state index is -0.181. The maximum Gasteiger partial charge on any atom is 0.254 e. The number of hydrogen-bond donors (Lipinski definition) is 0. The molecular weight excluding hydrogens is 384 g/mol. The van der Waals surface area contributed by atoms with Crippen LogP contribution >= 0.6 is 0 Å². The van der Waals surface area contributed by atoms with Crippen LogP contribution in [0.3, 0.4) is 0 Å². The molecular formula is C23H30N2O5. The number of carbonyl (C=O) groups excluding carboxylic acids is 2. The fourth-order valence-electron chi connectivity index (χ4n) is 3.60. The highest BCUT2D eigenvalue weighted by molar-refractivity contribution is 5.96.